The van der Waals surface area contributed by atoms with Crippen LogP contribution in [0.5, 0.6) is 11.5 Å². The number of hydrogen-bond acceptors (Lipinski definition) is 3. The number of benzene rings is 2. The molecule has 4 rings (SSSR count). The van der Waals surface area contributed by atoms with Gasteiger partial charge in [0.2, 0.25) is 0 Å². The maximum atomic E-state index is 5.73. The smallest absolute Gasteiger partial charge is 0.119 e. The van der Waals surface area contributed by atoms with E-state index in [9.17, 15) is 0 Å². The third-order valence-corrected chi connectivity index (χ3v) is 6.34. The van der Waals surface area contributed by atoms with Crippen molar-refractivity contribution < 1.29 is 14.2 Å². The van der Waals surface area contributed by atoms with E-state index in [0.29, 0.717) is 12.0 Å². The first-order valence-electron chi connectivity index (χ1n) is 11.4. The minimum atomic E-state index is 0.352. The number of ether oxygens (including phenoxy) is 3. The van der Waals surface area contributed by atoms with Gasteiger partial charge in [-0.2, -0.15) is 0 Å². The Hall–Kier alpha value is -2.52. The molecule has 0 bridgehead atoms. The molecule has 0 heterocycles. The van der Waals surface area contributed by atoms with Gasteiger partial charge >= 0.3 is 0 Å². The number of fused-ring (bicyclic) bond motifs is 1. The number of aryl methyl sites for hydroxylation is 1. The molecular formula is C28H36O3. The van der Waals surface area contributed by atoms with Gasteiger partial charge in [0, 0.05) is 7.11 Å². The predicted octanol–water partition coefficient (Wildman–Crippen LogP) is 6.87. The molecule has 0 N–H and O–H groups in total. The summed E-state index contributed by atoms with van der Waals surface area (Å²) in [5.41, 5.74) is 7.09. The molecule has 0 spiro atoms. The molecule has 2 aliphatic carbocycles. The lowest BCUT2D eigenvalue weighted by Gasteiger charge is -2.25. The molecule has 1 fully saturated rings. The maximum Gasteiger partial charge on any atom is 0.119 e. The van der Waals surface area contributed by atoms with Gasteiger partial charge in [0.15, 0.2) is 0 Å². The zero-order valence-electron chi connectivity index (χ0n) is 19.6. The first kappa shape index (κ1) is 23.1. The van der Waals surface area contributed by atoms with Crippen molar-refractivity contribution in [3.63, 3.8) is 0 Å². The normalized spacial score (nSPS) is 19.8. The van der Waals surface area contributed by atoms with Crippen molar-refractivity contribution in [3.8, 4) is 11.5 Å². The van der Waals surface area contributed by atoms with Crippen molar-refractivity contribution in [1.82, 2.24) is 0 Å². The monoisotopic (exact) mass is 420 g/mol. The Morgan fingerprint density at radius 1 is 0.871 bits per heavy atom. The fraction of sp³-hybridized carbons (Fsp3) is 0.429. The lowest BCUT2D eigenvalue weighted by molar-refractivity contribution is 0.106. The van der Waals surface area contributed by atoms with E-state index in [-0.39, 0.29) is 0 Å². The molecule has 2 aliphatic rings. The number of methoxy groups -OCH3 is 3. The fourth-order valence-electron chi connectivity index (χ4n) is 4.75. The van der Waals surface area contributed by atoms with Gasteiger partial charge in [0.05, 0.1) is 20.3 Å². The van der Waals surface area contributed by atoms with Crippen LogP contribution in [-0.4, -0.2) is 27.4 Å². The minimum absolute atomic E-state index is 0.352. The molecule has 0 amide bonds. The van der Waals surface area contributed by atoms with E-state index < -0.39 is 0 Å². The number of rotatable bonds is 7. The molecule has 2 unspecified atom stereocenters. The molecule has 2 aromatic carbocycles. The Bertz CT molecular complexity index is 908. The zero-order chi connectivity index (χ0) is 22.2. The van der Waals surface area contributed by atoms with E-state index in [1.165, 1.54) is 22.3 Å². The van der Waals surface area contributed by atoms with E-state index in [0.717, 1.165) is 43.6 Å². The van der Waals surface area contributed by atoms with Gasteiger partial charge in [0.25, 0.3) is 0 Å². The van der Waals surface area contributed by atoms with Gasteiger partial charge in [-0.3, -0.25) is 0 Å². The molecule has 2 aromatic rings. The van der Waals surface area contributed by atoms with Crippen molar-refractivity contribution in [2.75, 3.05) is 21.3 Å². The minimum Gasteiger partial charge on any atom is -0.497 e. The highest BCUT2D eigenvalue weighted by atomic mass is 16.5. The average Bonchev–Trinajstić information content (AvgIpc) is 3.28. The van der Waals surface area contributed by atoms with E-state index in [1.807, 2.05) is 27.0 Å². The molecule has 0 radical (unpaired) electrons. The summed E-state index contributed by atoms with van der Waals surface area (Å²) in [6.07, 6.45) is 8.14. The van der Waals surface area contributed by atoms with Gasteiger partial charge in [-0.25, -0.2) is 0 Å². The molecule has 0 aromatic heterocycles. The second-order valence-corrected chi connectivity index (χ2v) is 7.93. The standard InChI is InChI=1S/C26H30O3.C2H6/c1-27-21-11-8-19(9-12-21)24-14-10-20-16-23(29-3)17-26(20)25(24)13-7-18-5-4-6-22(15-18)28-2;1-2/h4-6,8-9,11-12,14-15,20,23H,7,10,13,16-17H2,1-3H3;1-2H3. The molecule has 2 atom stereocenters. The first-order chi connectivity index (χ1) is 15.2. The lowest BCUT2D eigenvalue weighted by atomic mass is 9.80. The molecule has 0 saturated heterocycles. The van der Waals surface area contributed by atoms with Crippen molar-refractivity contribution >= 4 is 5.57 Å². The summed E-state index contributed by atoms with van der Waals surface area (Å²) in [5, 5.41) is 0. The molecule has 166 valence electrons. The van der Waals surface area contributed by atoms with Crippen molar-refractivity contribution in [2.45, 2.75) is 52.1 Å². The largest absolute Gasteiger partial charge is 0.497 e. The van der Waals surface area contributed by atoms with Crippen LogP contribution in [0.25, 0.3) is 5.57 Å². The lowest BCUT2D eigenvalue weighted by Crippen LogP contribution is -2.08. The van der Waals surface area contributed by atoms with Crippen molar-refractivity contribution in [1.29, 1.82) is 0 Å². The van der Waals surface area contributed by atoms with Gasteiger partial charge in [-0.15, -0.1) is 0 Å². The Balaban J connectivity index is 0.00000132. The van der Waals surface area contributed by atoms with Gasteiger partial charge in [0.1, 0.15) is 11.5 Å². The molecule has 1 saturated carbocycles. The topological polar surface area (TPSA) is 27.7 Å². The third kappa shape index (κ3) is 5.40. The Labute approximate surface area is 187 Å². The molecule has 31 heavy (non-hydrogen) atoms. The van der Waals surface area contributed by atoms with E-state index in [2.05, 4.69) is 48.5 Å². The summed E-state index contributed by atoms with van der Waals surface area (Å²) in [6, 6.07) is 16.9. The highest BCUT2D eigenvalue weighted by Gasteiger charge is 2.34. The van der Waals surface area contributed by atoms with Crippen LogP contribution >= 0.6 is 0 Å². The highest BCUT2D eigenvalue weighted by molar-refractivity contribution is 5.81. The summed E-state index contributed by atoms with van der Waals surface area (Å²) in [5.74, 6) is 2.45. The summed E-state index contributed by atoms with van der Waals surface area (Å²) in [4.78, 5) is 0. The van der Waals surface area contributed by atoms with Crippen LogP contribution in [0.2, 0.25) is 0 Å². The van der Waals surface area contributed by atoms with Crippen LogP contribution in [0.4, 0.5) is 0 Å². The van der Waals surface area contributed by atoms with E-state index >= 15 is 0 Å². The van der Waals surface area contributed by atoms with Crippen LogP contribution in [0.15, 0.2) is 65.8 Å². The maximum absolute atomic E-state index is 5.73. The summed E-state index contributed by atoms with van der Waals surface area (Å²) >= 11 is 0. The van der Waals surface area contributed by atoms with Gasteiger partial charge < -0.3 is 14.2 Å². The number of allylic oxidation sites excluding steroid dienone is 3. The molecule has 0 aliphatic heterocycles. The third-order valence-electron chi connectivity index (χ3n) is 6.34. The second-order valence-electron chi connectivity index (χ2n) is 7.93. The average molecular weight is 421 g/mol. The second kappa shape index (κ2) is 11.2. The van der Waals surface area contributed by atoms with Crippen LogP contribution in [0.1, 0.15) is 50.7 Å². The van der Waals surface area contributed by atoms with Crippen LogP contribution in [0, 0.1) is 5.92 Å². The highest BCUT2D eigenvalue weighted by Crippen LogP contribution is 2.46. The van der Waals surface area contributed by atoms with Crippen LogP contribution in [0.3, 0.4) is 0 Å². The predicted molar refractivity (Wildman–Crippen MR) is 129 cm³/mol. The zero-order valence-corrected chi connectivity index (χ0v) is 19.6. The van der Waals surface area contributed by atoms with Crippen LogP contribution in [-0.2, 0) is 11.2 Å². The van der Waals surface area contributed by atoms with Gasteiger partial charge in [-0.1, -0.05) is 49.8 Å². The van der Waals surface area contributed by atoms with E-state index in [4.69, 9.17) is 14.2 Å². The van der Waals surface area contributed by atoms with Crippen LogP contribution < -0.4 is 9.47 Å². The van der Waals surface area contributed by atoms with E-state index in [1.54, 1.807) is 19.8 Å². The van der Waals surface area contributed by atoms with Gasteiger partial charge in [-0.05, 0) is 84.6 Å². The Kier molecular flexibility index (Phi) is 8.36. The van der Waals surface area contributed by atoms with Crippen molar-refractivity contribution in [3.05, 3.63) is 76.9 Å². The Morgan fingerprint density at radius 2 is 1.61 bits per heavy atom. The van der Waals surface area contributed by atoms with Crippen molar-refractivity contribution in [2.24, 2.45) is 5.92 Å². The summed E-state index contributed by atoms with van der Waals surface area (Å²) in [6.45, 7) is 4.00. The SMILES string of the molecule is CC.COc1ccc(C2=CCC3CC(OC)CC3=C2CCc2cccc(OC)c2)cc1. The quantitative estimate of drug-likeness (QED) is 0.489. The Morgan fingerprint density at radius 3 is 2.29 bits per heavy atom. The number of hydrogen-bond donors (Lipinski definition) is 0. The molecule has 3 nitrogen and oxygen atoms in total. The summed E-state index contributed by atoms with van der Waals surface area (Å²) < 4.78 is 16.5. The first-order valence-corrected chi connectivity index (χ1v) is 11.4. The summed E-state index contributed by atoms with van der Waals surface area (Å²) in [7, 11) is 5.28. The molecular weight excluding hydrogens is 384 g/mol. The fourth-order valence-corrected chi connectivity index (χ4v) is 4.75. The molecule has 3 heteroatoms.